The van der Waals surface area contributed by atoms with Gasteiger partial charge in [-0.3, -0.25) is 15.4 Å². The number of thioether (sulfide) groups is 1. The van der Waals surface area contributed by atoms with Crippen molar-refractivity contribution in [2.75, 3.05) is 10.6 Å². The lowest BCUT2D eigenvalue weighted by Gasteiger charge is -2.11. The maximum absolute atomic E-state index is 13.4. The van der Waals surface area contributed by atoms with Crippen LogP contribution in [-0.2, 0) is 0 Å². The summed E-state index contributed by atoms with van der Waals surface area (Å²) in [6.45, 7) is 0. The third kappa shape index (κ3) is 4.05. The predicted molar refractivity (Wildman–Crippen MR) is 81.5 cm³/mol. The van der Waals surface area contributed by atoms with Gasteiger partial charge in [0.2, 0.25) is 5.95 Å². The fraction of sp³-hybridized carbons (Fsp3) is 0. The third-order valence-corrected chi connectivity index (χ3v) is 3.13. The van der Waals surface area contributed by atoms with E-state index < -0.39 is 22.5 Å². The molecule has 0 saturated carbocycles. The SMILES string of the molecule is N#CSc1nc(Nc2cc(F)ccc2NC(=O)O)ncc1[N+](=O)[O-]. The van der Waals surface area contributed by atoms with Gasteiger partial charge in [-0.2, -0.15) is 10.2 Å². The summed E-state index contributed by atoms with van der Waals surface area (Å²) in [4.78, 5) is 28.3. The van der Waals surface area contributed by atoms with Crippen molar-refractivity contribution >= 4 is 40.9 Å². The van der Waals surface area contributed by atoms with Gasteiger partial charge in [0.25, 0.3) is 0 Å². The molecule has 10 nitrogen and oxygen atoms in total. The molecule has 0 bridgehead atoms. The zero-order valence-electron chi connectivity index (χ0n) is 11.6. The van der Waals surface area contributed by atoms with Crippen LogP contribution in [0.1, 0.15) is 0 Å². The molecule has 0 spiro atoms. The number of hydrogen-bond acceptors (Lipinski definition) is 8. The minimum absolute atomic E-state index is 0.000777. The molecule has 1 heterocycles. The molecule has 2 rings (SSSR count). The number of amides is 1. The van der Waals surface area contributed by atoms with Gasteiger partial charge >= 0.3 is 11.8 Å². The fourth-order valence-corrected chi connectivity index (χ4v) is 2.08. The van der Waals surface area contributed by atoms with Gasteiger partial charge in [-0.05, 0) is 18.2 Å². The van der Waals surface area contributed by atoms with Crippen molar-refractivity contribution in [3.05, 3.63) is 40.3 Å². The molecule has 0 fully saturated rings. The van der Waals surface area contributed by atoms with E-state index in [-0.39, 0.29) is 22.3 Å². The van der Waals surface area contributed by atoms with E-state index in [1.807, 2.05) is 0 Å². The number of carbonyl (C=O) groups is 1. The zero-order valence-corrected chi connectivity index (χ0v) is 12.4. The molecule has 0 aliphatic carbocycles. The Morgan fingerprint density at radius 2 is 2.21 bits per heavy atom. The second-order valence-electron chi connectivity index (χ2n) is 4.08. The van der Waals surface area contributed by atoms with Crippen molar-refractivity contribution in [1.82, 2.24) is 9.97 Å². The van der Waals surface area contributed by atoms with Crippen molar-refractivity contribution in [1.29, 1.82) is 5.26 Å². The van der Waals surface area contributed by atoms with E-state index in [9.17, 15) is 19.3 Å². The Morgan fingerprint density at radius 3 is 2.83 bits per heavy atom. The number of nitrogens with one attached hydrogen (secondary N) is 2. The van der Waals surface area contributed by atoms with Gasteiger partial charge in [-0.15, -0.1) is 0 Å². The number of carboxylic acid groups (broad SMARTS) is 1. The first kappa shape index (κ1) is 16.9. The predicted octanol–water partition coefficient (Wildman–Crippen LogP) is 2.93. The Balaban J connectivity index is 2.39. The van der Waals surface area contributed by atoms with Crippen LogP contribution < -0.4 is 10.6 Å². The Labute approximate surface area is 137 Å². The van der Waals surface area contributed by atoms with Gasteiger partial charge in [-0.1, -0.05) is 0 Å². The average molecular weight is 350 g/mol. The largest absolute Gasteiger partial charge is 0.465 e. The molecule has 0 saturated heterocycles. The fourth-order valence-electron chi connectivity index (χ4n) is 1.63. The number of thiocyanates is 1. The molecule has 0 aliphatic rings. The minimum Gasteiger partial charge on any atom is -0.465 e. The molecule has 2 aromatic rings. The van der Waals surface area contributed by atoms with Crippen molar-refractivity contribution in [2.24, 2.45) is 0 Å². The molecule has 1 aromatic carbocycles. The number of nitro groups is 1. The number of nitrogens with zero attached hydrogens (tertiary/aromatic N) is 4. The maximum atomic E-state index is 13.4. The molecule has 0 radical (unpaired) electrons. The first-order valence-electron chi connectivity index (χ1n) is 6.04. The molecular formula is C12H7FN6O4S. The van der Waals surface area contributed by atoms with E-state index in [2.05, 4.69) is 20.6 Å². The summed E-state index contributed by atoms with van der Waals surface area (Å²) in [5.74, 6) is -0.820. The highest BCUT2D eigenvalue weighted by atomic mass is 32.2. The van der Waals surface area contributed by atoms with Crippen molar-refractivity contribution in [2.45, 2.75) is 5.03 Å². The zero-order chi connectivity index (χ0) is 17.7. The minimum atomic E-state index is -1.37. The van der Waals surface area contributed by atoms with E-state index in [0.29, 0.717) is 11.8 Å². The van der Waals surface area contributed by atoms with Gasteiger partial charge in [0.15, 0.2) is 5.03 Å². The lowest BCUT2D eigenvalue weighted by molar-refractivity contribution is -0.388. The highest BCUT2D eigenvalue weighted by Gasteiger charge is 2.18. The van der Waals surface area contributed by atoms with Crippen LogP contribution in [-0.4, -0.2) is 26.1 Å². The lowest BCUT2D eigenvalue weighted by Crippen LogP contribution is -2.10. The standard InChI is InChI=1S/C12H7FN6O4S/c13-6-1-2-7(17-12(20)21)8(3-6)16-11-15-4-9(19(22)23)10(18-11)24-5-14/h1-4,17H,(H,20,21)(H,15,16,18). The van der Waals surface area contributed by atoms with Gasteiger partial charge in [0.05, 0.1) is 16.3 Å². The molecule has 3 N–H and O–H groups in total. The first-order chi connectivity index (χ1) is 11.4. The molecule has 12 heteroatoms. The second-order valence-corrected chi connectivity index (χ2v) is 4.85. The molecular weight excluding hydrogens is 343 g/mol. The topological polar surface area (TPSA) is 154 Å². The Hall–Kier alpha value is -3.46. The molecule has 0 unspecified atom stereocenters. The van der Waals surface area contributed by atoms with Crippen LogP contribution in [0.15, 0.2) is 29.4 Å². The molecule has 1 amide bonds. The monoisotopic (exact) mass is 350 g/mol. The molecule has 0 atom stereocenters. The number of benzene rings is 1. The molecule has 1 aromatic heterocycles. The molecule has 24 heavy (non-hydrogen) atoms. The average Bonchev–Trinajstić information content (AvgIpc) is 2.50. The smallest absolute Gasteiger partial charge is 0.409 e. The highest BCUT2D eigenvalue weighted by Crippen LogP contribution is 2.29. The number of rotatable bonds is 5. The number of nitriles is 1. The molecule has 0 aliphatic heterocycles. The Kier molecular flexibility index (Phi) is 5.07. The quantitative estimate of drug-likeness (QED) is 0.243. The summed E-state index contributed by atoms with van der Waals surface area (Å²) in [6.07, 6.45) is -0.478. The van der Waals surface area contributed by atoms with Crippen molar-refractivity contribution in [3.8, 4) is 5.40 Å². The van der Waals surface area contributed by atoms with Crippen LogP contribution >= 0.6 is 11.8 Å². The van der Waals surface area contributed by atoms with E-state index in [1.165, 1.54) is 6.07 Å². The van der Waals surface area contributed by atoms with E-state index >= 15 is 0 Å². The van der Waals surface area contributed by atoms with Gasteiger partial charge in [0, 0.05) is 11.8 Å². The highest BCUT2D eigenvalue weighted by molar-refractivity contribution is 8.03. The summed E-state index contributed by atoms with van der Waals surface area (Å²) in [5.41, 5.74) is -0.435. The summed E-state index contributed by atoms with van der Waals surface area (Å²) in [7, 11) is 0. The second kappa shape index (κ2) is 7.20. The summed E-state index contributed by atoms with van der Waals surface area (Å²) in [5, 5.41) is 34.3. The first-order valence-corrected chi connectivity index (χ1v) is 6.86. The van der Waals surface area contributed by atoms with Gasteiger partial charge in [-0.25, -0.2) is 14.2 Å². The van der Waals surface area contributed by atoms with E-state index in [4.69, 9.17) is 10.4 Å². The van der Waals surface area contributed by atoms with Crippen LogP contribution in [0.2, 0.25) is 0 Å². The van der Waals surface area contributed by atoms with Crippen LogP contribution in [0, 0.1) is 26.6 Å². The van der Waals surface area contributed by atoms with Crippen LogP contribution in [0.25, 0.3) is 0 Å². The number of halogens is 1. The summed E-state index contributed by atoms with van der Waals surface area (Å²) in [6, 6.07) is 3.22. The van der Waals surface area contributed by atoms with Crippen LogP contribution in [0.5, 0.6) is 0 Å². The third-order valence-electron chi connectivity index (χ3n) is 2.54. The van der Waals surface area contributed by atoms with E-state index in [1.54, 1.807) is 5.40 Å². The normalized spacial score (nSPS) is 9.83. The van der Waals surface area contributed by atoms with Crippen molar-refractivity contribution in [3.63, 3.8) is 0 Å². The van der Waals surface area contributed by atoms with Gasteiger partial charge in [0.1, 0.15) is 17.4 Å². The number of hydrogen-bond donors (Lipinski definition) is 3. The number of aromatic nitrogens is 2. The van der Waals surface area contributed by atoms with Crippen LogP contribution in [0.4, 0.5) is 32.2 Å². The maximum Gasteiger partial charge on any atom is 0.409 e. The number of anilines is 3. The van der Waals surface area contributed by atoms with Crippen LogP contribution in [0.3, 0.4) is 0 Å². The lowest BCUT2D eigenvalue weighted by atomic mass is 10.2. The summed E-state index contributed by atoms with van der Waals surface area (Å²) < 4.78 is 13.4. The van der Waals surface area contributed by atoms with Crippen molar-refractivity contribution < 1.29 is 19.2 Å². The van der Waals surface area contributed by atoms with Gasteiger partial charge < -0.3 is 10.4 Å². The Morgan fingerprint density at radius 1 is 1.46 bits per heavy atom. The summed E-state index contributed by atoms with van der Waals surface area (Å²) >= 11 is 0.462. The molecule has 122 valence electrons. The van der Waals surface area contributed by atoms with E-state index in [0.717, 1.165) is 18.3 Å². The Bertz CT molecular complexity index is 856.